The number of piperidine rings is 3. The van der Waals surface area contributed by atoms with Crippen LogP contribution in [0.5, 0.6) is 11.5 Å². The predicted molar refractivity (Wildman–Crippen MR) is 161 cm³/mol. The fourth-order valence-corrected chi connectivity index (χ4v) is 6.89. The molecule has 41 heavy (non-hydrogen) atoms. The number of hydrogen-bond acceptors (Lipinski definition) is 6. The highest BCUT2D eigenvalue weighted by atomic mass is 16.5. The molecule has 1 aromatic heterocycles. The van der Waals surface area contributed by atoms with Crippen LogP contribution in [0.15, 0.2) is 91.6 Å². The lowest BCUT2D eigenvalue weighted by Crippen LogP contribution is -2.55. The molecule has 3 fully saturated rings. The Hall–Kier alpha value is -4.42. The van der Waals surface area contributed by atoms with E-state index >= 15 is 0 Å². The summed E-state index contributed by atoms with van der Waals surface area (Å²) in [5, 5.41) is 15.8. The normalized spacial score (nSPS) is 22.6. The van der Waals surface area contributed by atoms with Crippen LogP contribution in [0.4, 0.5) is 0 Å². The molecule has 3 saturated heterocycles. The van der Waals surface area contributed by atoms with E-state index in [4.69, 9.17) is 9.47 Å². The summed E-state index contributed by atoms with van der Waals surface area (Å²) in [7, 11) is 1.64. The Labute approximate surface area is 238 Å². The minimum absolute atomic E-state index is 0.00255. The first kappa shape index (κ1) is 25.5. The van der Waals surface area contributed by atoms with E-state index in [9.17, 15) is 9.90 Å². The number of rotatable bonds is 6. The van der Waals surface area contributed by atoms with Crippen molar-refractivity contribution >= 4 is 38.4 Å². The van der Waals surface area contributed by atoms with Gasteiger partial charge in [-0.3, -0.25) is 9.88 Å². The number of methoxy groups -OCH3 is 1. The molecule has 6 heteroatoms. The number of hydrogen-bond donors (Lipinski definition) is 1. The first-order valence-corrected chi connectivity index (χ1v) is 14.2. The Morgan fingerprint density at radius 3 is 2.54 bits per heavy atom. The number of fused-ring (bicyclic) bond motifs is 6. The molecule has 0 aliphatic carbocycles. The maximum absolute atomic E-state index is 13.9. The van der Waals surface area contributed by atoms with Crippen LogP contribution in [0.3, 0.4) is 0 Å². The van der Waals surface area contributed by atoms with Gasteiger partial charge in [0.05, 0.1) is 18.7 Å². The number of benzene rings is 4. The van der Waals surface area contributed by atoms with E-state index in [-0.39, 0.29) is 17.4 Å². The number of nitrogens with zero attached hydrogens (tertiary/aromatic N) is 2. The minimum atomic E-state index is -0.555. The summed E-state index contributed by atoms with van der Waals surface area (Å²) in [6, 6.07) is 23.2. The van der Waals surface area contributed by atoms with Gasteiger partial charge in [-0.25, -0.2) is 4.79 Å². The number of phenols is 1. The molecular weight excluding hydrogens is 512 g/mol. The fraction of sp³-hybridized carbons (Fsp3) is 0.257. The highest BCUT2D eigenvalue weighted by molar-refractivity contribution is 6.03. The largest absolute Gasteiger partial charge is 0.507 e. The van der Waals surface area contributed by atoms with Gasteiger partial charge in [0.1, 0.15) is 23.2 Å². The van der Waals surface area contributed by atoms with Gasteiger partial charge in [0.15, 0.2) is 0 Å². The highest BCUT2D eigenvalue weighted by Crippen LogP contribution is 2.44. The van der Waals surface area contributed by atoms with Crippen molar-refractivity contribution in [2.24, 2.45) is 11.8 Å². The average Bonchev–Trinajstić information content (AvgIpc) is 3.01. The van der Waals surface area contributed by atoms with Crippen LogP contribution in [-0.4, -0.2) is 47.2 Å². The van der Waals surface area contributed by atoms with Crippen LogP contribution < -0.4 is 4.74 Å². The summed E-state index contributed by atoms with van der Waals surface area (Å²) in [5.74, 6) is 1.01. The Morgan fingerprint density at radius 2 is 1.83 bits per heavy atom. The third-order valence-electron chi connectivity index (χ3n) is 9.07. The van der Waals surface area contributed by atoms with Crippen molar-refractivity contribution in [1.82, 2.24) is 9.88 Å². The van der Waals surface area contributed by atoms with Crippen molar-refractivity contribution in [1.29, 1.82) is 0 Å². The van der Waals surface area contributed by atoms with E-state index in [1.54, 1.807) is 25.4 Å². The SMILES string of the molecule is C=C[C@H]1CN2CC[C@H]1C[C@@H]2[C@@H](OC(=O)c1cc2cc3ccccc3cc2cc1O)c1ccnc2ccc(OC)cc12. The van der Waals surface area contributed by atoms with Crippen LogP contribution >= 0.6 is 0 Å². The lowest BCUT2D eigenvalue weighted by atomic mass is 9.73. The van der Waals surface area contributed by atoms with E-state index in [2.05, 4.69) is 22.5 Å². The van der Waals surface area contributed by atoms with Crippen molar-refractivity contribution < 1.29 is 19.4 Å². The summed E-state index contributed by atoms with van der Waals surface area (Å²) in [5.41, 5.74) is 1.86. The van der Waals surface area contributed by atoms with Crippen LogP contribution in [0.2, 0.25) is 0 Å². The molecule has 5 atom stereocenters. The number of aromatic hydroxyl groups is 1. The molecular formula is C35H32N2O4. The minimum Gasteiger partial charge on any atom is -0.507 e. The number of phenolic OH excluding ortho intramolecular Hbond substituents is 1. The maximum atomic E-state index is 13.9. The fourth-order valence-electron chi connectivity index (χ4n) is 6.89. The van der Waals surface area contributed by atoms with Crippen molar-refractivity contribution in [3.8, 4) is 11.5 Å². The number of pyridine rings is 1. The molecule has 3 aliphatic heterocycles. The molecule has 206 valence electrons. The molecule has 4 heterocycles. The first-order chi connectivity index (χ1) is 20.0. The second kappa shape index (κ2) is 10.2. The van der Waals surface area contributed by atoms with Crippen molar-refractivity contribution in [3.63, 3.8) is 0 Å². The molecule has 3 aliphatic rings. The van der Waals surface area contributed by atoms with E-state index in [1.807, 2.05) is 60.7 Å². The van der Waals surface area contributed by atoms with Crippen LogP contribution in [-0.2, 0) is 4.74 Å². The van der Waals surface area contributed by atoms with Gasteiger partial charge in [0, 0.05) is 23.7 Å². The molecule has 8 rings (SSSR count). The molecule has 5 aromatic rings. The Morgan fingerprint density at radius 1 is 1.05 bits per heavy atom. The number of carbonyl (C=O) groups is 1. The van der Waals surface area contributed by atoms with Gasteiger partial charge in [0.2, 0.25) is 0 Å². The molecule has 4 aromatic carbocycles. The molecule has 1 unspecified atom stereocenters. The van der Waals surface area contributed by atoms with E-state index in [1.165, 1.54) is 0 Å². The molecule has 1 N–H and O–H groups in total. The van der Waals surface area contributed by atoms with Gasteiger partial charge < -0.3 is 14.6 Å². The van der Waals surface area contributed by atoms with Gasteiger partial charge in [-0.05, 0) is 101 Å². The molecule has 0 radical (unpaired) electrons. The third-order valence-corrected chi connectivity index (χ3v) is 9.07. The van der Waals surface area contributed by atoms with Crippen LogP contribution in [0.25, 0.3) is 32.4 Å². The molecule has 2 bridgehead atoms. The molecule has 0 saturated carbocycles. The predicted octanol–water partition coefficient (Wildman–Crippen LogP) is 7.05. The standard InChI is InChI=1S/C35H32N2O4/c1-3-21-20-37-13-11-24(21)17-32(37)34(28-10-12-36-31-9-8-27(40-2)19-29(28)31)41-35(39)30-16-25-14-22-6-4-5-7-23(22)15-26(25)18-33(30)38/h3-10,12,14-16,18-19,21,24,32,34,38H,1,11,13,17,20H2,2H3/t21-,24-,32+,34-/m0/s1. The monoisotopic (exact) mass is 544 g/mol. The number of esters is 1. The number of ether oxygens (including phenoxy) is 2. The molecule has 0 spiro atoms. The zero-order valence-corrected chi connectivity index (χ0v) is 23.0. The third kappa shape index (κ3) is 4.49. The Bertz CT molecular complexity index is 1820. The van der Waals surface area contributed by atoms with E-state index in [0.29, 0.717) is 17.6 Å². The van der Waals surface area contributed by atoms with Gasteiger partial charge >= 0.3 is 5.97 Å². The zero-order chi connectivity index (χ0) is 28.1. The topological polar surface area (TPSA) is 71.9 Å². The second-order valence-electron chi connectivity index (χ2n) is 11.3. The van der Waals surface area contributed by atoms with E-state index < -0.39 is 12.1 Å². The number of carbonyl (C=O) groups excluding carboxylic acids is 1. The number of aromatic nitrogens is 1. The van der Waals surface area contributed by atoms with Crippen molar-refractivity contribution in [2.45, 2.75) is 25.0 Å². The lowest BCUT2D eigenvalue weighted by Gasteiger charge is -2.51. The average molecular weight is 545 g/mol. The van der Waals surface area contributed by atoms with Crippen LogP contribution in [0, 0.1) is 11.8 Å². The summed E-state index contributed by atoms with van der Waals surface area (Å²) >= 11 is 0. The summed E-state index contributed by atoms with van der Waals surface area (Å²) in [6.07, 6.45) is 5.29. The Balaban J connectivity index is 1.31. The second-order valence-corrected chi connectivity index (χ2v) is 11.3. The first-order valence-electron chi connectivity index (χ1n) is 14.2. The van der Waals surface area contributed by atoms with Crippen molar-refractivity contribution in [3.05, 3.63) is 103 Å². The Kier molecular flexibility index (Phi) is 6.36. The van der Waals surface area contributed by atoms with Gasteiger partial charge in [-0.15, -0.1) is 6.58 Å². The quantitative estimate of drug-likeness (QED) is 0.140. The molecule has 0 amide bonds. The maximum Gasteiger partial charge on any atom is 0.342 e. The van der Waals surface area contributed by atoms with Gasteiger partial charge in [0.25, 0.3) is 0 Å². The lowest BCUT2D eigenvalue weighted by molar-refractivity contribution is -0.0568. The van der Waals surface area contributed by atoms with Crippen molar-refractivity contribution in [2.75, 3.05) is 20.2 Å². The summed E-state index contributed by atoms with van der Waals surface area (Å²) < 4.78 is 12.0. The van der Waals surface area contributed by atoms with E-state index in [0.717, 1.165) is 63.9 Å². The van der Waals surface area contributed by atoms with Gasteiger partial charge in [-0.1, -0.05) is 30.3 Å². The smallest absolute Gasteiger partial charge is 0.342 e. The zero-order valence-electron chi connectivity index (χ0n) is 23.0. The summed E-state index contributed by atoms with van der Waals surface area (Å²) in [4.78, 5) is 20.9. The van der Waals surface area contributed by atoms with Crippen LogP contribution in [0.1, 0.15) is 34.9 Å². The molecule has 6 nitrogen and oxygen atoms in total. The highest BCUT2D eigenvalue weighted by Gasteiger charge is 2.44. The summed E-state index contributed by atoms with van der Waals surface area (Å²) in [6.45, 7) is 5.92. The van der Waals surface area contributed by atoms with Gasteiger partial charge in [-0.2, -0.15) is 0 Å².